The second-order valence-corrected chi connectivity index (χ2v) is 12.3. The summed E-state index contributed by atoms with van der Waals surface area (Å²) in [7, 11) is 0. The number of carbonyl (C=O) groups is 1. The van der Waals surface area contributed by atoms with Gasteiger partial charge in [-0.05, 0) is 55.0 Å². The SMILES string of the molecule is C=Nc1ccc(-c2csc([C@H](C)C(Cn3cncn3)(OCOC(=O)c3cccc(CC(CC)CC)c3)c3ccc(F)cc3F)n2)cc1. The fourth-order valence-corrected chi connectivity index (χ4v) is 6.62. The monoisotopic (exact) mass is 657 g/mol. The summed E-state index contributed by atoms with van der Waals surface area (Å²) in [6.45, 7) is 9.17. The summed E-state index contributed by atoms with van der Waals surface area (Å²) < 4.78 is 43.5. The highest BCUT2D eigenvalue weighted by molar-refractivity contribution is 7.10. The van der Waals surface area contributed by atoms with Crippen LogP contribution in [0.1, 0.15) is 66.0 Å². The summed E-state index contributed by atoms with van der Waals surface area (Å²) in [4.78, 5) is 26.1. The minimum Gasteiger partial charge on any atom is -0.435 e. The second kappa shape index (κ2) is 15.3. The van der Waals surface area contributed by atoms with Crippen molar-refractivity contribution >= 4 is 29.7 Å². The molecule has 2 atom stereocenters. The van der Waals surface area contributed by atoms with Gasteiger partial charge in [0, 0.05) is 28.5 Å². The van der Waals surface area contributed by atoms with Crippen molar-refractivity contribution < 1.29 is 23.0 Å². The average Bonchev–Trinajstić information content (AvgIpc) is 3.79. The molecule has 0 radical (unpaired) electrons. The zero-order chi connectivity index (χ0) is 33.4. The molecule has 0 aliphatic carbocycles. The van der Waals surface area contributed by atoms with Gasteiger partial charge in [-0.2, -0.15) is 5.10 Å². The number of carbonyl (C=O) groups excluding carboxylic acids is 1. The Labute approximate surface area is 277 Å². The standard InChI is InChI=1S/C36H37F2N5O3S/c1-5-25(6-2)16-26-8-7-9-28(17-26)35(44)45-23-46-36(20-43-22-40-21-41-43,31-15-12-29(37)18-32(31)38)24(3)34-42-33(19-47-34)27-10-13-30(39-4)14-11-27/h7-15,17-19,21-22,24-25H,4-6,16,20,23H2,1-3H3/t24-,36?/m0/s1. The van der Waals surface area contributed by atoms with E-state index in [-0.39, 0.29) is 12.1 Å². The Morgan fingerprint density at radius 2 is 1.87 bits per heavy atom. The van der Waals surface area contributed by atoms with E-state index < -0.39 is 35.9 Å². The van der Waals surface area contributed by atoms with Crippen LogP contribution in [0.25, 0.3) is 11.3 Å². The average molecular weight is 658 g/mol. The van der Waals surface area contributed by atoms with Crippen molar-refractivity contribution in [3.05, 3.63) is 118 Å². The minimum absolute atomic E-state index is 0.0339. The van der Waals surface area contributed by atoms with Crippen molar-refractivity contribution in [3.63, 3.8) is 0 Å². The molecule has 0 bridgehead atoms. The molecule has 0 saturated carbocycles. The highest BCUT2D eigenvalue weighted by atomic mass is 32.1. The van der Waals surface area contributed by atoms with E-state index in [1.165, 1.54) is 40.8 Å². The lowest BCUT2D eigenvalue weighted by atomic mass is 9.81. The van der Waals surface area contributed by atoms with Crippen molar-refractivity contribution in [2.75, 3.05) is 6.79 Å². The molecule has 2 heterocycles. The fourth-order valence-electron chi connectivity index (χ4n) is 5.66. The molecular formula is C36H37F2N5O3S. The number of aromatic nitrogens is 4. The Morgan fingerprint density at radius 3 is 2.55 bits per heavy atom. The summed E-state index contributed by atoms with van der Waals surface area (Å²) in [5.74, 6) is -2.23. The van der Waals surface area contributed by atoms with Gasteiger partial charge in [0.1, 0.15) is 29.9 Å². The third kappa shape index (κ3) is 7.86. The van der Waals surface area contributed by atoms with E-state index in [0.29, 0.717) is 22.2 Å². The van der Waals surface area contributed by atoms with Gasteiger partial charge >= 0.3 is 5.97 Å². The van der Waals surface area contributed by atoms with Crippen molar-refractivity contribution in [2.24, 2.45) is 10.9 Å². The summed E-state index contributed by atoms with van der Waals surface area (Å²) in [6, 6.07) is 18.2. The third-order valence-electron chi connectivity index (χ3n) is 8.54. The van der Waals surface area contributed by atoms with Gasteiger partial charge in [0.25, 0.3) is 0 Å². The van der Waals surface area contributed by atoms with Crippen LogP contribution in [0.5, 0.6) is 0 Å². The van der Waals surface area contributed by atoms with E-state index in [2.05, 4.69) is 35.6 Å². The number of esters is 1. The summed E-state index contributed by atoms with van der Waals surface area (Å²) in [6.07, 6.45) is 5.79. The van der Waals surface area contributed by atoms with E-state index >= 15 is 4.39 Å². The first-order chi connectivity index (χ1) is 22.8. The molecule has 0 saturated heterocycles. The number of aliphatic imine (C=N–C) groups is 1. The predicted octanol–water partition coefficient (Wildman–Crippen LogP) is 8.52. The van der Waals surface area contributed by atoms with Crippen LogP contribution in [0, 0.1) is 17.6 Å². The van der Waals surface area contributed by atoms with Gasteiger partial charge in [-0.3, -0.25) is 4.99 Å². The van der Waals surface area contributed by atoms with Gasteiger partial charge < -0.3 is 9.47 Å². The number of hydrogen-bond acceptors (Lipinski definition) is 8. The minimum atomic E-state index is -1.55. The molecule has 5 rings (SSSR count). The first-order valence-corrected chi connectivity index (χ1v) is 16.3. The number of thiazole rings is 1. The van der Waals surface area contributed by atoms with Crippen molar-refractivity contribution in [1.82, 2.24) is 19.7 Å². The van der Waals surface area contributed by atoms with Crippen LogP contribution in [-0.4, -0.2) is 39.2 Å². The molecule has 2 aromatic heterocycles. The van der Waals surface area contributed by atoms with E-state index in [4.69, 9.17) is 14.5 Å². The molecule has 244 valence electrons. The molecule has 47 heavy (non-hydrogen) atoms. The number of hydrogen-bond donors (Lipinski definition) is 0. The van der Waals surface area contributed by atoms with E-state index in [1.807, 2.05) is 54.8 Å². The molecule has 0 aliphatic heterocycles. The van der Waals surface area contributed by atoms with Gasteiger partial charge in [0.15, 0.2) is 6.79 Å². The predicted molar refractivity (Wildman–Crippen MR) is 179 cm³/mol. The van der Waals surface area contributed by atoms with Crippen LogP contribution in [0.3, 0.4) is 0 Å². The van der Waals surface area contributed by atoms with Crippen LogP contribution in [-0.2, 0) is 28.0 Å². The van der Waals surface area contributed by atoms with Crippen LogP contribution in [0.4, 0.5) is 14.5 Å². The van der Waals surface area contributed by atoms with Crippen LogP contribution in [0.2, 0.25) is 0 Å². The molecular weight excluding hydrogens is 620 g/mol. The van der Waals surface area contributed by atoms with Gasteiger partial charge in [0.2, 0.25) is 0 Å². The lowest BCUT2D eigenvalue weighted by Gasteiger charge is -2.38. The number of nitrogens with zero attached hydrogens (tertiary/aromatic N) is 5. The van der Waals surface area contributed by atoms with Crippen LogP contribution in [0.15, 0.2) is 89.8 Å². The Hall–Kier alpha value is -4.61. The maximum atomic E-state index is 15.7. The number of benzene rings is 3. The fraction of sp³-hybridized carbons (Fsp3) is 0.306. The number of ether oxygens (including phenoxy) is 2. The highest BCUT2D eigenvalue weighted by Crippen LogP contribution is 2.44. The summed E-state index contributed by atoms with van der Waals surface area (Å²) in [5, 5.41) is 6.77. The van der Waals surface area contributed by atoms with Crippen LogP contribution < -0.4 is 0 Å². The summed E-state index contributed by atoms with van der Waals surface area (Å²) >= 11 is 1.38. The Morgan fingerprint density at radius 1 is 1.09 bits per heavy atom. The quantitative estimate of drug-likeness (QED) is 0.0637. The van der Waals surface area contributed by atoms with E-state index in [9.17, 15) is 9.18 Å². The highest BCUT2D eigenvalue weighted by Gasteiger charge is 2.45. The second-order valence-electron chi connectivity index (χ2n) is 11.4. The zero-order valence-corrected chi connectivity index (χ0v) is 27.4. The Bertz CT molecular complexity index is 1790. The molecule has 8 nitrogen and oxygen atoms in total. The lowest BCUT2D eigenvalue weighted by Crippen LogP contribution is -2.42. The normalized spacial score (nSPS) is 13.3. The maximum Gasteiger partial charge on any atom is 0.340 e. The lowest BCUT2D eigenvalue weighted by molar-refractivity contribution is -0.148. The molecule has 5 aromatic rings. The smallest absolute Gasteiger partial charge is 0.340 e. The van der Waals surface area contributed by atoms with E-state index in [1.54, 1.807) is 6.07 Å². The molecule has 1 unspecified atom stereocenters. The summed E-state index contributed by atoms with van der Waals surface area (Å²) in [5.41, 5.74) is 2.26. The van der Waals surface area contributed by atoms with Crippen molar-refractivity contribution in [3.8, 4) is 11.3 Å². The van der Waals surface area contributed by atoms with Gasteiger partial charge in [-0.15, -0.1) is 11.3 Å². The molecule has 0 N–H and O–H groups in total. The number of rotatable bonds is 15. The van der Waals surface area contributed by atoms with Gasteiger partial charge in [0.05, 0.1) is 28.5 Å². The molecule has 11 heteroatoms. The van der Waals surface area contributed by atoms with Crippen molar-refractivity contribution in [1.29, 1.82) is 0 Å². The topological polar surface area (TPSA) is 91.5 Å². The molecule has 3 aromatic carbocycles. The van der Waals surface area contributed by atoms with Gasteiger partial charge in [-0.1, -0.05) is 63.9 Å². The zero-order valence-electron chi connectivity index (χ0n) is 26.6. The van der Waals surface area contributed by atoms with Crippen molar-refractivity contribution in [2.45, 2.75) is 58.1 Å². The molecule has 0 fully saturated rings. The third-order valence-corrected chi connectivity index (χ3v) is 9.56. The molecule has 0 amide bonds. The number of halogens is 2. The van der Waals surface area contributed by atoms with E-state index in [0.717, 1.165) is 42.1 Å². The molecule has 0 spiro atoms. The molecule has 0 aliphatic rings. The Balaban J connectivity index is 1.48. The largest absolute Gasteiger partial charge is 0.435 e. The van der Waals surface area contributed by atoms with Gasteiger partial charge in [-0.25, -0.2) is 28.2 Å². The maximum absolute atomic E-state index is 15.7. The first kappa shape index (κ1) is 33.7. The Kier molecular flexibility index (Phi) is 11.0. The van der Waals surface area contributed by atoms with Crippen LogP contribution >= 0.6 is 11.3 Å². The first-order valence-electron chi connectivity index (χ1n) is 15.5.